The Balaban J connectivity index is 1.75. The summed E-state index contributed by atoms with van der Waals surface area (Å²) in [6, 6.07) is 38.8. The Morgan fingerprint density at radius 2 is 1.07 bits per heavy atom. The molecule has 216 valence electrons. The second-order valence-electron chi connectivity index (χ2n) is 10.8. The van der Waals surface area contributed by atoms with Crippen molar-refractivity contribution in [3.05, 3.63) is 150 Å². The summed E-state index contributed by atoms with van der Waals surface area (Å²) < 4.78 is 52.9. The molecule has 6 nitrogen and oxygen atoms in total. The first-order valence-corrected chi connectivity index (χ1v) is 17.5. The highest BCUT2D eigenvalue weighted by atomic mass is 32.2. The van der Waals surface area contributed by atoms with Crippen molar-refractivity contribution in [1.29, 1.82) is 0 Å². The van der Waals surface area contributed by atoms with E-state index in [4.69, 9.17) is 5.10 Å². The van der Waals surface area contributed by atoms with Crippen LogP contribution in [-0.4, -0.2) is 39.1 Å². The van der Waals surface area contributed by atoms with Crippen LogP contribution in [0.4, 0.5) is 0 Å². The van der Waals surface area contributed by atoms with Crippen LogP contribution in [0.5, 0.6) is 0 Å². The molecule has 6 rings (SSSR count). The van der Waals surface area contributed by atoms with Crippen LogP contribution in [-0.2, 0) is 25.2 Å². The van der Waals surface area contributed by atoms with Crippen molar-refractivity contribution in [2.45, 2.75) is 22.3 Å². The van der Waals surface area contributed by atoms with Gasteiger partial charge < -0.3 is 0 Å². The highest BCUT2D eigenvalue weighted by Gasteiger charge is 2.40. The molecule has 0 bridgehead atoms. The minimum atomic E-state index is -3.66. The van der Waals surface area contributed by atoms with Crippen LogP contribution in [0.2, 0.25) is 0 Å². The third-order valence-electron chi connectivity index (χ3n) is 7.87. The van der Waals surface area contributed by atoms with Crippen molar-refractivity contribution in [2.24, 2.45) is 0 Å². The molecule has 0 unspecified atom stereocenters. The van der Waals surface area contributed by atoms with Gasteiger partial charge in [-0.3, -0.25) is 0 Å². The lowest BCUT2D eigenvalue weighted by molar-refractivity contribution is 0.476. The molecule has 1 heterocycles. The van der Waals surface area contributed by atoms with Crippen LogP contribution in [0, 0.1) is 6.92 Å². The summed E-state index contributed by atoms with van der Waals surface area (Å²) in [5, 5.41) is 5.65. The highest BCUT2D eigenvalue weighted by Crippen LogP contribution is 2.44. The van der Waals surface area contributed by atoms with E-state index in [9.17, 15) is 16.8 Å². The molecule has 6 aromatic rings. The molecule has 5 aromatic carbocycles. The first kappa shape index (κ1) is 28.6. The third kappa shape index (κ3) is 4.86. The van der Waals surface area contributed by atoms with E-state index in [-0.39, 0.29) is 9.79 Å². The van der Waals surface area contributed by atoms with Crippen molar-refractivity contribution in [1.82, 2.24) is 9.78 Å². The van der Waals surface area contributed by atoms with Gasteiger partial charge in [0.25, 0.3) is 0 Å². The lowest BCUT2D eigenvalue weighted by Crippen LogP contribution is -2.38. The molecule has 43 heavy (non-hydrogen) atoms. The fourth-order valence-corrected chi connectivity index (χ4v) is 7.95. The summed E-state index contributed by atoms with van der Waals surface area (Å²) in [7, 11) is -7.12. The van der Waals surface area contributed by atoms with Crippen LogP contribution in [0.25, 0.3) is 22.0 Å². The van der Waals surface area contributed by atoms with Crippen LogP contribution in [0.3, 0.4) is 0 Å². The molecule has 0 amide bonds. The van der Waals surface area contributed by atoms with Gasteiger partial charge in [0, 0.05) is 23.5 Å². The number of aromatic nitrogens is 2. The fraction of sp³-hybridized carbons (Fsp3) is 0.114. The number of aryl methyl sites for hydroxylation is 1. The average Bonchev–Trinajstić information content (AvgIpc) is 3.42. The van der Waals surface area contributed by atoms with E-state index in [2.05, 4.69) is 36.4 Å². The maximum Gasteiger partial charge on any atom is 0.176 e. The highest BCUT2D eigenvalue weighted by molar-refractivity contribution is 7.91. The van der Waals surface area contributed by atoms with E-state index >= 15 is 0 Å². The van der Waals surface area contributed by atoms with Crippen molar-refractivity contribution in [3.63, 3.8) is 0 Å². The molecule has 1 aromatic heterocycles. The average molecular weight is 607 g/mol. The lowest BCUT2D eigenvalue weighted by atomic mass is 9.77. The molecule has 0 aliphatic rings. The molecule has 0 radical (unpaired) electrons. The fourth-order valence-electron chi connectivity index (χ4n) is 6.08. The summed E-state index contributed by atoms with van der Waals surface area (Å²) in [4.78, 5) is 0.354. The monoisotopic (exact) mass is 606 g/mol. The van der Waals surface area contributed by atoms with Gasteiger partial charge in [0.1, 0.15) is 5.54 Å². The van der Waals surface area contributed by atoms with Crippen molar-refractivity contribution in [2.75, 3.05) is 12.5 Å². The molecule has 0 aliphatic heterocycles. The molecule has 0 saturated heterocycles. The SMILES string of the molecule is Cc1cc(-c2c(S(C)(=O)=O)ccc3c2cnn3C(c2ccccc2)(c2ccccc2)c2ccccc2)ccc1S(C)(=O)=O. The van der Waals surface area contributed by atoms with Crippen molar-refractivity contribution < 1.29 is 16.8 Å². The Kier molecular flexibility index (Phi) is 7.07. The molecule has 0 fully saturated rings. The Hall–Kier alpha value is -4.53. The van der Waals surface area contributed by atoms with Gasteiger partial charge in [-0.1, -0.05) is 103 Å². The number of sulfone groups is 2. The van der Waals surface area contributed by atoms with Gasteiger partial charge >= 0.3 is 0 Å². The van der Waals surface area contributed by atoms with Gasteiger partial charge in [0.15, 0.2) is 19.7 Å². The predicted molar refractivity (Wildman–Crippen MR) is 171 cm³/mol. The zero-order chi connectivity index (χ0) is 30.4. The Bertz CT molecular complexity index is 2080. The Morgan fingerprint density at radius 1 is 0.605 bits per heavy atom. The van der Waals surface area contributed by atoms with Crippen molar-refractivity contribution >= 4 is 30.6 Å². The number of benzene rings is 5. The number of fused-ring (bicyclic) bond motifs is 1. The topological polar surface area (TPSA) is 86.1 Å². The van der Waals surface area contributed by atoms with E-state index in [1.54, 1.807) is 31.3 Å². The molecular weight excluding hydrogens is 577 g/mol. The van der Waals surface area contributed by atoms with Gasteiger partial charge in [0.05, 0.1) is 21.5 Å². The predicted octanol–water partition coefficient (Wildman–Crippen LogP) is 6.66. The van der Waals surface area contributed by atoms with Gasteiger partial charge in [-0.05, 0) is 52.9 Å². The second kappa shape index (κ2) is 10.6. The summed E-state index contributed by atoms with van der Waals surface area (Å²) in [5.41, 5.74) is 4.40. The van der Waals surface area contributed by atoms with Gasteiger partial charge in [-0.2, -0.15) is 5.10 Å². The maximum absolute atomic E-state index is 13.1. The van der Waals surface area contributed by atoms with Gasteiger partial charge in [-0.15, -0.1) is 0 Å². The molecule has 0 saturated carbocycles. The van der Waals surface area contributed by atoms with E-state index in [1.807, 2.05) is 65.3 Å². The quantitative estimate of drug-likeness (QED) is 0.190. The lowest BCUT2D eigenvalue weighted by Gasteiger charge is -2.37. The van der Waals surface area contributed by atoms with E-state index in [0.29, 0.717) is 22.1 Å². The van der Waals surface area contributed by atoms with Gasteiger partial charge in [0.2, 0.25) is 0 Å². The second-order valence-corrected chi connectivity index (χ2v) is 14.7. The van der Waals surface area contributed by atoms with Crippen LogP contribution >= 0.6 is 0 Å². The minimum absolute atomic E-state index is 0.149. The van der Waals surface area contributed by atoms with Crippen LogP contribution < -0.4 is 0 Å². The van der Waals surface area contributed by atoms with Crippen LogP contribution in [0.1, 0.15) is 22.3 Å². The summed E-state index contributed by atoms with van der Waals surface area (Å²) in [6.07, 6.45) is 4.06. The largest absolute Gasteiger partial charge is 0.245 e. The Morgan fingerprint density at radius 3 is 1.51 bits per heavy atom. The first-order chi connectivity index (χ1) is 20.5. The summed E-state index contributed by atoms with van der Waals surface area (Å²) in [6.45, 7) is 1.72. The smallest absolute Gasteiger partial charge is 0.176 e. The minimum Gasteiger partial charge on any atom is -0.245 e. The summed E-state index contributed by atoms with van der Waals surface area (Å²) >= 11 is 0. The molecule has 0 atom stereocenters. The number of rotatable bonds is 7. The molecule has 0 aliphatic carbocycles. The normalized spacial score (nSPS) is 12.4. The number of nitrogens with zero attached hydrogens (tertiary/aromatic N) is 2. The Labute approximate surface area is 252 Å². The molecular formula is C35H30N2O4S2. The van der Waals surface area contributed by atoms with E-state index < -0.39 is 25.2 Å². The third-order valence-corrected chi connectivity index (χ3v) is 10.3. The van der Waals surface area contributed by atoms with Crippen LogP contribution in [0.15, 0.2) is 137 Å². The first-order valence-electron chi connectivity index (χ1n) is 13.7. The van der Waals surface area contributed by atoms with Crippen molar-refractivity contribution in [3.8, 4) is 11.1 Å². The molecule has 8 heteroatoms. The zero-order valence-corrected chi connectivity index (χ0v) is 25.6. The van der Waals surface area contributed by atoms with Gasteiger partial charge in [-0.25, -0.2) is 21.5 Å². The number of hydrogen-bond acceptors (Lipinski definition) is 5. The summed E-state index contributed by atoms with van der Waals surface area (Å²) in [5.74, 6) is 0. The standard InChI is InChI=1S/C35H30N2O4S2/c1-25-23-26(19-21-32(25)42(2,38)39)34-30-24-36-37(31(30)20-22-33(34)43(3,40)41)35(27-13-7-4-8-14-27,28-15-9-5-10-16-28)29-17-11-6-12-18-29/h4-24H,1-3H3. The molecule has 0 spiro atoms. The maximum atomic E-state index is 13.1. The number of hydrogen-bond donors (Lipinski definition) is 0. The molecule has 0 N–H and O–H groups in total. The van der Waals surface area contributed by atoms with E-state index in [1.165, 1.54) is 12.3 Å². The zero-order valence-electron chi connectivity index (χ0n) is 24.0. The van der Waals surface area contributed by atoms with E-state index in [0.717, 1.165) is 28.5 Å².